The Morgan fingerprint density at radius 2 is 1.81 bits per heavy atom. The number of aromatic nitrogens is 2. The Morgan fingerprint density at radius 3 is 2.47 bits per heavy atom. The minimum atomic E-state index is -4.79. The Balaban J connectivity index is 1.74. The predicted octanol–water partition coefficient (Wildman–Crippen LogP) is 4.78. The van der Waals surface area contributed by atoms with Crippen LogP contribution in [0.2, 0.25) is 0 Å². The molecule has 0 spiro atoms. The van der Waals surface area contributed by atoms with Crippen LogP contribution < -0.4 is 9.46 Å². The van der Waals surface area contributed by atoms with Crippen LogP contribution in [-0.4, -0.2) is 36.2 Å². The van der Waals surface area contributed by atoms with Gasteiger partial charge in [-0.15, -0.1) is 0 Å². The molecular formula is C22H24F3N3O3S. The van der Waals surface area contributed by atoms with E-state index >= 15 is 0 Å². The minimum Gasteiger partial charge on any atom is -0.439 e. The van der Waals surface area contributed by atoms with Gasteiger partial charge in [-0.1, -0.05) is 36.4 Å². The number of aryl methyl sites for hydroxylation is 1. The summed E-state index contributed by atoms with van der Waals surface area (Å²) in [6.07, 6.45) is -4.56. The SMILES string of the molecule is CCn1nc(-c2cccc(CC(C)NS(=O)(=O)CC(F)(F)F)c2)cc1Oc1ccccc1. The van der Waals surface area contributed by atoms with Gasteiger partial charge in [-0.25, -0.2) is 17.8 Å². The van der Waals surface area contributed by atoms with E-state index < -0.39 is 28.0 Å². The summed E-state index contributed by atoms with van der Waals surface area (Å²) in [5.74, 6) is -0.641. The molecule has 32 heavy (non-hydrogen) atoms. The average molecular weight is 468 g/mol. The van der Waals surface area contributed by atoms with E-state index in [-0.39, 0.29) is 6.42 Å². The van der Waals surface area contributed by atoms with E-state index in [1.807, 2.05) is 55.5 Å². The molecule has 0 fully saturated rings. The molecule has 2 aromatic carbocycles. The topological polar surface area (TPSA) is 73.2 Å². The highest BCUT2D eigenvalue weighted by atomic mass is 32.2. The second-order valence-electron chi connectivity index (χ2n) is 7.40. The van der Waals surface area contributed by atoms with E-state index in [1.54, 1.807) is 16.8 Å². The van der Waals surface area contributed by atoms with Crippen LogP contribution in [-0.2, 0) is 23.0 Å². The van der Waals surface area contributed by atoms with Gasteiger partial charge in [-0.05, 0) is 44.0 Å². The van der Waals surface area contributed by atoms with Crippen molar-refractivity contribution in [1.82, 2.24) is 14.5 Å². The Hall–Kier alpha value is -2.85. The summed E-state index contributed by atoms with van der Waals surface area (Å²) >= 11 is 0. The largest absolute Gasteiger partial charge is 0.439 e. The normalized spacial score (nSPS) is 13.2. The fourth-order valence-electron chi connectivity index (χ4n) is 3.28. The summed E-state index contributed by atoms with van der Waals surface area (Å²) in [5.41, 5.74) is 2.23. The third kappa shape index (κ3) is 6.83. The first-order chi connectivity index (χ1) is 15.0. The summed E-state index contributed by atoms with van der Waals surface area (Å²) in [6, 6.07) is 17.7. The minimum absolute atomic E-state index is 0.229. The van der Waals surface area contributed by atoms with E-state index in [1.165, 1.54) is 6.92 Å². The molecule has 1 N–H and O–H groups in total. The maximum absolute atomic E-state index is 12.4. The van der Waals surface area contributed by atoms with Gasteiger partial charge in [0.15, 0.2) is 5.75 Å². The van der Waals surface area contributed by atoms with E-state index in [0.717, 1.165) is 11.1 Å². The molecular weight excluding hydrogens is 443 g/mol. The zero-order valence-electron chi connectivity index (χ0n) is 17.6. The molecule has 6 nitrogen and oxygen atoms in total. The first kappa shape index (κ1) is 23.8. The summed E-state index contributed by atoms with van der Waals surface area (Å²) in [6.45, 7) is 4.07. The highest BCUT2D eigenvalue weighted by Crippen LogP contribution is 2.28. The number of alkyl halides is 3. The molecule has 10 heteroatoms. The molecule has 0 radical (unpaired) electrons. The first-order valence-electron chi connectivity index (χ1n) is 10.0. The highest BCUT2D eigenvalue weighted by molar-refractivity contribution is 7.89. The van der Waals surface area contributed by atoms with Crippen molar-refractivity contribution >= 4 is 10.0 Å². The predicted molar refractivity (Wildman–Crippen MR) is 116 cm³/mol. The number of hydrogen-bond donors (Lipinski definition) is 1. The standard InChI is InChI=1S/C22H24F3N3O3S/c1-3-28-21(31-19-10-5-4-6-11-19)14-20(26-28)18-9-7-8-17(13-18)12-16(2)27-32(29,30)15-22(23,24)25/h4-11,13-14,16,27H,3,12,15H2,1-2H3. The van der Waals surface area contributed by atoms with Crippen molar-refractivity contribution < 1.29 is 26.3 Å². The van der Waals surface area contributed by atoms with Crippen molar-refractivity contribution in [3.8, 4) is 22.9 Å². The van der Waals surface area contributed by atoms with Crippen LogP contribution in [0, 0.1) is 0 Å². The number of nitrogens with zero attached hydrogens (tertiary/aromatic N) is 2. The van der Waals surface area contributed by atoms with E-state index in [2.05, 4.69) is 9.82 Å². The van der Waals surface area contributed by atoms with Crippen molar-refractivity contribution in [2.24, 2.45) is 0 Å². The van der Waals surface area contributed by atoms with Crippen LogP contribution in [0.5, 0.6) is 11.6 Å². The number of sulfonamides is 1. The molecule has 172 valence electrons. The quantitative estimate of drug-likeness (QED) is 0.492. The lowest BCUT2D eigenvalue weighted by Crippen LogP contribution is -2.39. The van der Waals surface area contributed by atoms with Gasteiger partial charge in [-0.3, -0.25) is 0 Å². The smallest absolute Gasteiger partial charge is 0.404 e. The van der Waals surface area contributed by atoms with E-state index in [9.17, 15) is 21.6 Å². The highest BCUT2D eigenvalue weighted by Gasteiger charge is 2.35. The van der Waals surface area contributed by atoms with Gasteiger partial charge in [0, 0.05) is 24.2 Å². The van der Waals surface area contributed by atoms with Crippen molar-refractivity contribution in [2.45, 2.75) is 39.0 Å². The molecule has 1 aromatic heterocycles. The number of ether oxygens (including phenoxy) is 1. The summed E-state index contributed by atoms with van der Waals surface area (Å²) in [4.78, 5) is 0. The molecule has 0 amide bonds. The fourth-order valence-corrected chi connectivity index (χ4v) is 4.49. The van der Waals surface area contributed by atoms with Crippen molar-refractivity contribution in [3.63, 3.8) is 0 Å². The number of para-hydroxylation sites is 1. The molecule has 1 heterocycles. The lowest BCUT2D eigenvalue weighted by atomic mass is 10.0. The molecule has 0 aliphatic heterocycles. The Bertz CT molecular complexity index is 1150. The zero-order chi connectivity index (χ0) is 23.4. The molecule has 0 saturated carbocycles. The fraction of sp³-hybridized carbons (Fsp3) is 0.318. The third-order valence-corrected chi connectivity index (χ3v) is 5.98. The van der Waals surface area contributed by atoms with Gasteiger partial charge in [-0.2, -0.15) is 18.3 Å². The number of benzene rings is 2. The van der Waals surface area contributed by atoms with Gasteiger partial charge in [0.25, 0.3) is 0 Å². The van der Waals surface area contributed by atoms with Crippen LogP contribution >= 0.6 is 0 Å². The summed E-state index contributed by atoms with van der Waals surface area (Å²) in [5, 5.41) is 4.57. The molecule has 0 aliphatic rings. The summed E-state index contributed by atoms with van der Waals surface area (Å²) < 4.78 is 70.4. The van der Waals surface area contributed by atoms with Crippen molar-refractivity contribution in [3.05, 3.63) is 66.2 Å². The third-order valence-electron chi connectivity index (χ3n) is 4.51. The zero-order valence-corrected chi connectivity index (χ0v) is 18.4. The number of nitrogens with one attached hydrogen (secondary N) is 1. The molecule has 0 bridgehead atoms. The van der Waals surface area contributed by atoms with Crippen LogP contribution in [0.1, 0.15) is 19.4 Å². The van der Waals surface area contributed by atoms with Crippen molar-refractivity contribution in [2.75, 3.05) is 5.75 Å². The second kappa shape index (κ2) is 9.74. The van der Waals surface area contributed by atoms with Gasteiger partial charge in [0.2, 0.25) is 15.9 Å². The first-order valence-corrected chi connectivity index (χ1v) is 11.7. The number of halogens is 3. The number of hydrogen-bond acceptors (Lipinski definition) is 4. The monoisotopic (exact) mass is 467 g/mol. The Kier molecular flexibility index (Phi) is 7.25. The van der Waals surface area contributed by atoms with Gasteiger partial charge >= 0.3 is 6.18 Å². The lowest BCUT2D eigenvalue weighted by Gasteiger charge is -2.15. The lowest BCUT2D eigenvalue weighted by molar-refractivity contribution is -0.106. The van der Waals surface area contributed by atoms with Gasteiger partial charge in [0.05, 0.1) is 5.69 Å². The number of rotatable bonds is 9. The van der Waals surface area contributed by atoms with Crippen LogP contribution in [0.15, 0.2) is 60.7 Å². The van der Waals surface area contributed by atoms with Crippen LogP contribution in [0.25, 0.3) is 11.3 Å². The van der Waals surface area contributed by atoms with E-state index in [0.29, 0.717) is 23.9 Å². The van der Waals surface area contributed by atoms with Crippen LogP contribution in [0.4, 0.5) is 13.2 Å². The van der Waals surface area contributed by atoms with Crippen molar-refractivity contribution in [1.29, 1.82) is 0 Å². The molecule has 1 atom stereocenters. The van der Waals surface area contributed by atoms with Crippen LogP contribution in [0.3, 0.4) is 0 Å². The molecule has 3 rings (SSSR count). The Labute approximate surface area is 185 Å². The maximum Gasteiger partial charge on any atom is 0.404 e. The average Bonchev–Trinajstić information content (AvgIpc) is 3.09. The van der Waals surface area contributed by atoms with Gasteiger partial charge < -0.3 is 4.74 Å². The molecule has 1 unspecified atom stereocenters. The Morgan fingerprint density at radius 1 is 1.09 bits per heavy atom. The summed E-state index contributed by atoms with van der Waals surface area (Å²) in [7, 11) is -4.46. The molecule has 0 aliphatic carbocycles. The maximum atomic E-state index is 12.4. The van der Waals surface area contributed by atoms with Gasteiger partial charge in [0.1, 0.15) is 5.75 Å². The molecule has 0 saturated heterocycles. The van der Waals surface area contributed by atoms with E-state index in [4.69, 9.17) is 4.74 Å². The second-order valence-corrected chi connectivity index (χ2v) is 9.15. The molecule has 3 aromatic rings.